The quantitative estimate of drug-likeness (QED) is 0.544. The van der Waals surface area contributed by atoms with E-state index < -0.39 is 15.7 Å². The van der Waals surface area contributed by atoms with Crippen molar-refractivity contribution < 1.29 is 13.5 Å². The van der Waals surface area contributed by atoms with E-state index in [1.165, 1.54) is 0 Å². The molecule has 4 N–H and O–H groups in total. The lowest BCUT2D eigenvalue weighted by molar-refractivity contribution is 0.233. The van der Waals surface area contributed by atoms with Crippen LogP contribution in [0.25, 0.3) is 0 Å². The van der Waals surface area contributed by atoms with Crippen LogP contribution in [0.3, 0.4) is 0 Å². The van der Waals surface area contributed by atoms with Crippen molar-refractivity contribution in [1.29, 1.82) is 0 Å². The van der Waals surface area contributed by atoms with Gasteiger partial charge in [-0.2, -0.15) is 13.1 Å². The first-order valence-corrected chi connectivity index (χ1v) is 5.30. The van der Waals surface area contributed by atoms with Gasteiger partial charge in [-0.15, -0.1) is 0 Å². The number of hydrogen-bond donors (Lipinski definition) is 3. The molecule has 0 aromatic carbocycles. The maximum Gasteiger partial charge on any atom is 0.274 e. The van der Waals surface area contributed by atoms with Crippen LogP contribution >= 0.6 is 0 Å². The lowest BCUT2D eigenvalue weighted by atomic mass is 9.97. The van der Waals surface area contributed by atoms with Crippen LogP contribution in [0.15, 0.2) is 0 Å². The van der Waals surface area contributed by atoms with Gasteiger partial charge in [0, 0.05) is 12.1 Å². The minimum absolute atomic E-state index is 0.0626. The average Bonchev–Trinajstić information content (AvgIpc) is 1.84. The van der Waals surface area contributed by atoms with Crippen molar-refractivity contribution in [3.8, 4) is 0 Å². The molecule has 0 heterocycles. The van der Waals surface area contributed by atoms with Crippen LogP contribution in [-0.4, -0.2) is 25.7 Å². The molecule has 0 bridgehead atoms. The Morgan fingerprint density at radius 2 is 2.08 bits per heavy atom. The van der Waals surface area contributed by atoms with Crippen LogP contribution in [0, 0.1) is 0 Å². The van der Waals surface area contributed by atoms with E-state index in [4.69, 9.17) is 10.2 Å². The average molecular weight is 196 g/mol. The number of aliphatic hydroxyl groups excluding tert-OH is 1. The minimum atomic E-state index is -3.68. The fraction of sp³-hybridized carbons (Fsp3) is 1.00. The van der Waals surface area contributed by atoms with Gasteiger partial charge in [0.25, 0.3) is 10.2 Å². The fourth-order valence-corrected chi connectivity index (χ4v) is 1.82. The van der Waals surface area contributed by atoms with Crippen LogP contribution in [0.5, 0.6) is 0 Å². The summed E-state index contributed by atoms with van der Waals surface area (Å²) >= 11 is 0. The van der Waals surface area contributed by atoms with Crippen LogP contribution in [-0.2, 0) is 10.2 Å². The molecule has 0 saturated heterocycles. The van der Waals surface area contributed by atoms with E-state index >= 15 is 0 Å². The molecule has 0 rings (SSSR count). The molecule has 0 spiro atoms. The third-order valence-electron chi connectivity index (χ3n) is 1.83. The molecule has 0 aliphatic rings. The first-order valence-electron chi connectivity index (χ1n) is 3.75. The Kier molecular flexibility index (Phi) is 4.12. The summed E-state index contributed by atoms with van der Waals surface area (Å²) in [6.07, 6.45) is 0.948. The largest absolute Gasteiger partial charge is 0.396 e. The summed E-state index contributed by atoms with van der Waals surface area (Å²) in [5.41, 5.74) is -0.637. The Morgan fingerprint density at radius 1 is 1.58 bits per heavy atom. The highest BCUT2D eigenvalue weighted by atomic mass is 32.2. The van der Waals surface area contributed by atoms with Crippen molar-refractivity contribution in [2.24, 2.45) is 5.14 Å². The molecule has 0 aliphatic heterocycles. The molecule has 6 heteroatoms. The summed E-state index contributed by atoms with van der Waals surface area (Å²) in [4.78, 5) is 0. The zero-order chi connectivity index (χ0) is 9.83. The van der Waals surface area contributed by atoms with E-state index in [9.17, 15) is 8.42 Å². The van der Waals surface area contributed by atoms with Gasteiger partial charge in [0.1, 0.15) is 0 Å². The van der Waals surface area contributed by atoms with E-state index in [1.807, 2.05) is 6.92 Å². The van der Waals surface area contributed by atoms with Crippen LogP contribution in [0.1, 0.15) is 26.7 Å². The molecule has 0 radical (unpaired) electrons. The van der Waals surface area contributed by atoms with Gasteiger partial charge in [-0.1, -0.05) is 6.92 Å². The van der Waals surface area contributed by atoms with E-state index in [0.717, 1.165) is 0 Å². The number of nitrogens with one attached hydrogen (secondary N) is 1. The van der Waals surface area contributed by atoms with E-state index in [-0.39, 0.29) is 6.61 Å². The Balaban J connectivity index is 4.34. The van der Waals surface area contributed by atoms with Gasteiger partial charge >= 0.3 is 0 Å². The van der Waals surface area contributed by atoms with Crippen LogP contribution < -0.4 is 9.86 Å². The number of rotatable bonds is 5. The summed E-state index contributed by atoms with van der Waals surface area (Å²) in [6, 6.07) is 0. The molecular formula is C6H16N2O3S. The molecule has 0 aromatic rings. The Hall–Kier alpha value is -0.170. The summed E-state index contributed by atoms with van der Waals surface area (Å²) in [7, 11) is -3.68. The van der Waals surface area contributed by atoms with Crippen LogP contribution in [0.2, 0.25) is 0 Å². The first-order chi connectivity index (χ1) is 5.33. The Morgan fingerprint density at radius 3 is 2.33 bits per heavy atom. The van der Waals surface area contributed by atoms with Gasteiger partial charge in [-0.05, 0) is 19.8 Å². The Bertz CT molecular complexity index is 227. The van der Waals surface area contributed by atoms with Gasteiger partial charge in [-0.25, -0.2) is 5.14 Å². The highest BCUT2D eigenvalue weighted by Crippen LogP contribution is 2.13. The van der Waals surface area contributed by atoms with Gasteiger partial charge in [0.05, 0.1) is 0 Å². The van der Waals surface area contributed by atoms with Crippen molar-refractivity contribution in [3.63, 3.8) is 0 Å². The van der Waals surface area contributed by atoms with E-state index in [2.05, 4.69) is 4.72 Å². The third-order valence-corrected chi connectivity index (χ3v) is 2.61. The first kappa shape index (κ1) is 11.8. The molecule has 74 valence electrons. The maximum atomic E-state index is 10.7. The molecule has 0 aliphatic carbocycles. The molecule has 0 saturated carbocycles. The number of aliphatic hydroxyl groups is 1. The number of hydrogen-bond acceptors (Lipinski definition) is 3. The smallest absolute Gasteiger partial charge is 0.274 e. The zero-order valence-corrected chi connectivity index (χ0v) is 8.19. The molecule has 1 unspecified atom stereocenters. The highest BCUT2D eigenvalue weighted by molar-refractivity contribution is 7.87. The molecule has 0 amide bonds. The summed E-state index contributed by atoms with van der Waals surface area (Å²) < 4.78 is 23.6. The molecular weight excluding hydrogens is 180 g/mol. The lowest BCUT2D eigenvalue weighted by Gasteiger charge is -2.27. The third kappa shape index (κ3) is 4.66. The van der Waals surface area contributed by atoms with E-state index in [0.29, 0.717) is 12.8 Å². The predicted molar refractivity (Wildman–Crippen MR) is 46.6 cm³/mol. The van der Waals surface area contributed by atoms with Gasteiger partial charge in [0.2, 0.25) is 0 Å². The Labute approximate surface area is 73.1 Å². The van der Waals surface area contributed by atoms with Gasteiger partial charge in [0.15, 0.2) is 0 Å². The monoisotopic (exact) mass is 196 g/mol. The van der Waals surface area contributed by atoms with Crippen molar-refractivity contribution in [2.75, 3.05) is 6.61 Å². The second kappa shape index (κ2) is 4.18. The fourth-order valence-electron chi connectivity index (χ4n) is 0.890. The molecule has 1 atom stereocenters. The normalized spacial score (nSPS) is 17.3. The topological polar surface area (TPSA) is 92.4 Å². The second-order valence-corrected chi connectivity index (χ2v) is 4.33. The minimum Gasteiger partial charge on any atom is -0.396 e. The second-order valence-electron chi connectivity index (χ2n) is 3.03. The SMILES string of the molecule is CCC(C)(CCO)NS(N)(=O)=O. The molecule has 0 fully saturated rings. The van der Waals surface area contributed by atoms with E-state index in [1.54, 1.807) is 6.92 Å². The standard InChI is InChI=1S/C6H16N2O3S/c1-3-6(2,4-5-9)8-12(7,10)11/h8-9H,3-5H2,1-2H3,(H2,7,10,11). The number of nitrogens with two attached hydrogens (primary N) is 1. The zero-order valence-electron chi connectivity index (χ0n) is 7.37. The maximum absolute atomic E-state index is 10.7. The van der Waals surface area contributed by atoms with Crippen LogP contribution in [0.4, 0.5) is 0 Å². The summed E-state index contributed by atoms with van der Waals surface area (Å²) in [6.45, 7) is 3.47. The summed E-state index contributed by atoms with van der Waals surface area (Å²) in [5, 5.41) is 13.5. The lowest BCUT2D eigenvalue weighted by Crippen LogP contribution is -2.48. The molecule has 5 nitrogen and oxygen atoms in total. The predicted octanol–water partition coefficient (Wildman–Crippen LogP) is -0.669. The van der Waals surface area contributed by atoms with Crippen molar-refractivity contribution in [2.45, 2.75) is 32.2 Å². The van der Waals surface area contributed by atoms with Gasteiger partial charge in [-0.3, -0.25) is 0 Å². The molecule has 0 aromatic heterocycles. The van der Waals surface area contributed by atoms with Crippen molar-refractivity contribution in [3.05, 3.63) is 0 Å². The van der Waals surface area contributed by atoms with Crippen molar-refractivity contribution in [1.82, 2.24) is 4.72 Å². The van der Waals surface area contributed by atoms with Crippen molar-refractivity contribution >= 4 is 10.2 Å². The van der Waals surface area contributed by atoms with Gasteiger partial charge < -0.3 is 5.11 Å². The molecule has 12 heavy (non-hydrogen) atoms. The summed E-state index contributed by atoms with van der Waals surface area (Å²) in [5.74, 6) is 0. The highest BCUT2D eigenvalue weighted by Gasteiger charge is 2.25.